The highest BCUT2D eigenvalue weighted by Gasteiger charge is 2.21. The first-order valence-corrected chi connectivity index (χ1v) is 6.17. The van der Waals surface area contributed by atoms with Crippen molar-refractivity contribution in [2.75, 3.05) is 0 Å². The molecule has 1 aromatic carbocycles. The Balaban J connectivity index is 2.06. The van der Waals surface area contributed by atoms with Crippen LogP contribution < -0.4 is 4.74 Å². The van der Waals surface area contributed by atoms with Crippen LogP contribution in [0, 0.1) is 5.82 Å². The summed E-state index contributed by atoms with van der Waals surface area (Å²) in [5, 5.41) is 0. The van der Waals surface area contributed by atoms with Gasteiger partial charge in [0.25, 0.3) is 0 Å². The molecule has 0 spiro atoms. The van der Waals surface area contributed by atoms with Gasteiger partial charge in [0, 0.05) is 17.3 Å². The molecular weight excluding hydrogens is 241 g/mol. The summed E-state index contributed by atoms with van der Waals surface area (Å²) in [6.45, 7) is 4.01. The number of aromatic nitrogens is 1. The van der Waals surface area contributed by atoms with Gasteiger partial charge in [0.1, 0.15) is 17.2 Å². The van der Waals surface area contributed by atoms with Gasteiger partial charge in [0.15, 0.2) is 0 Å². The number of benzene rings is 1. The monoisotopic (exact) mass is 255 g/mol. The molecule has 0 saturated heterocycles. The summed E-state index contributed by atoms with van der Waals surface area (Å²) in [6, 6.07) is 7.36. The van der Waals surface area contributed by atoms with Crippen LogP contribution in [-0.2, 0) is 0 Å². The fourth-order valence-electron chi connectivity index (χ4n) is 2.16. The number of hydrogen-bond donors (Lipinski definition) is 0. The van der Waals surface area contributed by atoms with Crippen molar-refractivity contribution in [2.24, 2.45) is 0 Å². The molecule has 96 valence electrons. The Kier molecular flexibility index (Phi) is 2.63. The van der Waals surface area contributed by atoms with E-state index in [4.69, 9.17) is 4.74 Å². The van der Waals surface area contributed by atoms with Crippen molar-refractivity contribution in [1.29, 1.82) is 0 Å². The van der Waals surface area contributed by atoms with Crippen LogP contribution in [0.1, 0.15) is 19.4 Å². The van der Waals surface area contributed by atoms with Crippen molar-refractivity contribution in [3.8, 4) is 16.9 Å². The molecule has 0 fully saturated rings. The van der Waals surface area contributed by atoms with E-state index in [0.717, 1.165) is 16.9 Å². The van der Waals surface area contributed by atoms with Crippen molar-refractivity contribution in [3.05, 3.63) is 54.1 Å². The van der Waals surface area contributed by atoms with Crippen molar-refractivity contribution >= 4 is 6.08 Å². The summed E-state index contributed by atoms with van der Waals surface area (Å²) in [6.07, 6.45) is 6.83. The number of nitrogens with zero attached hydrogens (tertiary/aromatic N) is 1. The van der Waals surface area contributed by atoms with Crippen LogP contribution in [0.2, 0.25) is 0 Å². The van der Waals surface area contributed by atoms with E-state index in [9.17, 15) is 4.39 Å². The molecule has 1 aromatic heterocycles. The molecule has 0 bridgehead atoms. The summed E-state index contributed by atoms with van der Waals surface area (Å²) < 4.78 is 19.6. The van der Waals surface area contributed by atoms with Crippen LogP contribution in [0.25, 0.3) is 17.2 Å². The van der Waals surface area contributed by atoms with E-state index < -0.39 is 0 Å². The Morgan fingerprint density at radius 3 is 2.84 bits per heavy atom. The summed E-state index contributed by atoms with van der Waals surface area (Å²) in [7, 11) is 0. The van der Waals surface area contributed by atoms with Crippen LogP contribution in [0.4, 0.5) is 4.39 Å². The van der Waals surface area contributed by atoms with Gasteiger partial charge >= 0.3 is 0 Å². The Morgan fingerprint density at radius 1 is 1.21 bits per heavy atom. The van der Waals surface area contributed by atoms with Gasteiger partial charge in [-0.05, 0) is 43.7 Å². The second kappa shape index (κ2) is 4.19. The molecule has 0 saturated carbocycles. The molecule has 0 aliphatic carbocycles. The predicted octanol–water partition coefficient (Wildman–Crippen LogP) is 4.07. The Labute approximate surface area is 111 Å². The zero-order chi connectivity index (χ0) is 13.5. The number of rotatable bonds is 1. The molecule has 3 rings (SSSR count). The Hall–Kier alpha value is -2.16. The van der Waals surface area contributed by atoms with E-state index in [1.165, 1.54) is 6.20 Å². The lowest BCUT2D eigenvalue weighted by Gasteiger charge is -2.28. The third kappa shape index (κ3) is 2.24. The van der Waals surface area contributed by atoms with Crippen molar-refractivity contribution < 1.29 is 9.13 Å². The molecule has 1 aliphatic rings. The van der Waals surface area contributed by atoms with Crippen molar-refractivity contribution in [1.82, 2.24) is 4.98 Å². The molecule has 0 unspecified atom stereocenters. The van der Waals surface area contributed by atoms with E-state index in [1.54, 1.807) is 12.3 Å². The molecule has 0 amide bonds. The van der Waals surface area contributed by atoms with Crippen LogP contribution in [0.5, 0.6) is 5.75 Å². The van der Waals surface area contributed by atoms with Crippen LogP contribution >= 0.6 is 0 Å². The lowest BCUT2D eigenvalue weighted by Crippen LogP contribution is -2.27. The summed E-state index contributed by atoms with van der Waals surface area (Å²) in [4.78, 5) is 3.76. The zero-order valence-electron chi connectivity index (χ0n) is 10.9. The number of ether oxygens (including phenoxy) is 1. The summed E-state index contributed by atoms with van der Waals surface area (Å²) in [5.74, 6) is 0.509. The van der Waals surface area contributed by atoms with Gasteiger partial charge < -0.3 is 4.74 Å². The maximum atomic E-state index is 13.7. The highest BCUT2D eigenvalue weighted by Crippen LogP contribution is 2.34. The SMILES string of the molecule is CC1(C)C=Cc2cc(-c3ccncc3F)ccc2O1. The molecule has 2 heterocycles. The van der Waals surface area contributed by atoms with Gasteiger partial charge in [0.2, 0.25) is 0 Å². The molecular formula is C16H14FNO. The van der Waals surface area contributed by atoms with Gasteiger partial charge in [-0.25, -0.2) is 4.39 Å². The van der Waals surface area contributed by atoms with Crippen molar-refractivity contribution in [2.45, 2.75) is 19.4 Å². The fourth-order valence-corrected chi connectivity index (χ4v) is 2.16. The highest BCUT2D eigenvalue weighted by molar-refractivity contribution is 5.71. The highest BCUT2D eigenvalue weighted by atomic mass is 19.1. The summed E-state index contributed by atoms with van der Waals surface area (Å²) >= 11 is 0. The molecule has 3 heteroatoms. The van der Waals surface area contributed by atoms with Crippen molar-refractivity contribution in [3.63, 3.8) is 0 Å². The molecule has 0 atom stereocenters. The quantitative estimate of drug-likeness (QED) is 0.766. The maximum Gasteiger partial charge on any atom is 0.149 e. The second-order valence-electron chi connectivity index (χ2n) is 5.15. The van der Waals surface area contributed by atoms with Crippen LogP contribution in [0.15, 0.2) is 42.7 Å². The van der Waals surface area contributed by atoms with Gasteiger partial charge in [-0.3, -0.25) is 4.98 Å². The van der Waals surface area contributed by atoms with E-state index >= 15 is 0 Å². The van der Waals surface area contributed by atoms with Gasteiger partial charge in [0.05, 0.1) is 6.20 Å². The molecule has 2 aromatic rings. The van der Waals surface area contributed by atoms with Crippen LogP contribution in [-0.4, -0.2) is 10.6 Å². The maximum absolute atomic E-state index is 13.7. The topological polar surface area (TPSA) is 22.1 Å². The number of fused-ring (bicyclic) bond motifs is 1. The van der Waals surface area contributed by atoms with Gasteiger partial charge in [-0.15, -0.1) is 0 Å². The average molecular weight is 255 g/mol. The molecule has 19 heavy (non-hydrogen) atoms. The third-order valence-corrected chi connectivity index (χ3v) is 3.13. The van der Waals surface area contributed by atoms with E-state index in [0.29, 0.717) is 5.56 Å². The first kappa shape index (κ1) is 11.9. The minimum Gasteiger partial charge on any atom is -0.483 e. The number of hydrogen-bond acceptors (Lipinski definition) is 2. The van der Waals surface area contributed by atoms with Gasteiger partial charge in [-0.1, -0.05) is 12.1 Å². The molecule has 1 aliphatic heterocycles. The predicted molar refractivity (Wildman–Crippen MR) is 73.4 cm³/mol. The second-order valence-corrected chi connectivity index (χ2v) is 5.15. The average Bonchev–Trinajstić information content (AvgIpc) is 2.38. The standard InChI is InChI=1S/C16H14FNO/c1-16(2)7-5-12-9-11(3-4-15(12)19-16)13-6-8-18-10-14(13)17/h3-10H,1-2H3. The molecule has 2 nitrogen and oxygen atoms in total. The molecule has 0 radical (unpaired) electrons. The largest absolute Gasteiger partial charge is 0.483 e. The number of pyridine rings is 1. The lowest BCUT2D eigenvalue weighted by molar-refractivity contribution is 0.159. The first-order chi connectivity index (χ1) is 9.05. The van der Waals surface area contributed by atoms with E-state index in [-0.39, 0.29) is 11.4 Å². The zero-order valence-corrected chi connectivity index (χ0v) is 10.9. The minimum atomic E-state index is -0.316. The van der Waals surface area contributed by atoms with Gasteiger partial charge in [-0.2, -0.15) is 0 Å². The van der Waals surface area contributed by atoms with Crippen LogP contribution in [0.3, 0.4) is 0 Å². The lowest BCUT2D eigenvalue weighted by atomic mass is 9.98. The normalized spacial score (nSPS) is 15.7. The fraction of sp³-hybridized carbons (Fsp3) is 0.188. The minimum absolute atomic E-state index is 0.295. The smallest absolute Gasteiger partial charge is 0.149 e. The van der Waals surface area contributed by atoms with E-state index in [1.807, 2.05) is 44.2 Å². The Morgan fingerprint density at radius 2 is 2.05 bits per heavy atom. The first-order valence-electron chi connectivity index (χ1n) is 6.17. The number of halogens is 1. The third-order valence-electron chi connectivity index (χ3n) is 3.13. The Bertz CT molecular complexity index is 662. The summed E-state index contributed by atoms with van der Waals surface area (Å²) in [5.41, 5.74) is 2.05. The molecule has 0 N–H and O–H groups in total. The van der Waals surface area contributed by atoms with E-state index in [2.05, 4.69) is 4.98 Å².